The summed E-state index contributed by atoms with van der Waals surface area (Å²) in [5, 5.41) is 3.62. The van der Waals surface area contributed by atoms with E-state index in [1.54, 1.807) is 0 Å². The highest BCUT2D eigenvalue weighted by Gasteiger charge is 2.42. The van der Waals surface area contributed by atoms with E-state index in [1.165, 1.54) is 31.2 Å². The third-order valence-electron chi connectivity index (χ3n) is 5.31. The van der Waals surface area contributed by atoms with E-state index in [1.807, 2.05) is 0 Å². The van der Waals surface area contributed by atoms with E-state index in [-0.39, 0.29) is 0 Å². The molecule has 2 heteroatoms. The van der Waals surface area contributed by atoms with Crippen molar-refractivity contribution in [2.75, 3.05) is 21.1 Å². The molecule has 1 aromatic carbocycles. The number of likely N-dealkylation sites (N-methyl/N-ethyl adjacent to an activating group) is 2. The summed E-state index contributed by atoms with van der Waals surface area (Å²) >= 11 is 0. The Labute approximate surface area is 124 Å². The first-order valence-electron chi connectivity index (χ1n) is 7.97. The lowest BCUT2D eigenvalue weighted by Gasteiger charge is -2.50. The molecule has 0 heterocycles. The summed E-state index contributed by atoms with van der Waals surface area (Å²) in [5.74, 6) is 0.886. The van der Waals surface area contributed by atoms with Crippen molar-refractivity contribution < 1.29 is 0 Å². The van der Waals surface area contributed by atoms with Crippen molar-refractivity contribution in [1.29, 1.82) is 0 Å². The first-order valence-corrected chi connectivity index (χ1v) is 7.97. The highest BCUT2D eigenvalue weighted by molar-refractivity contribution is 5.18. The third kappa shape index (κ3) is 3.24. The van der Waals surface area contributed by atoms with Crippen LogP contribution in [0.3, 0.4) is 0 Å². The molecule has 0 amide bonds. The maximum absolute atomic E-state index is 3.62. The van der Waals surface area contributed by atoms with Crippen LogP contribution in [0.1, 0.15) is 38.2 Å². The van der Waals surface area contributed by atoms with Crippen LogP contribution >= 0.6 is 0 Å². The van der Waals surface area contributed by atoms with Crippen molar-refractivity contribution in [2.24, 2.45) is 5.92 Å². The van der Waals surface area contributed by atoms with Gasteiger partial charge in [0.15, 0.2) is 0 Å². The molecule has 0 aliphatic heterocycles. The standard InChI is InChI=1S/C18H30N2/c1-15-10-12-18(13-11-15,20(3)4)17(19-2)14-16-8-6-5-7-9-16/h5-9,15,17,19H,10-14H2,1-4H3. The molecule has 1 fully saturated rings. The minimum absolute atomic E-state index is 0.303. The zero-order valence-electron chi connectivity index (χ0n) is 13.5. The molecule has 0 bridgehead atoms. The van der Waals surface area contributed by atoms with Gasteiger partial charge in [-0.15, -0.1) is 0 Å². The van der Waals surface area contributed by atoms with Crippen molar-refractivity contribution in [3.8, 4) is 0 Å². The summed E-state index contributed by atoms with van der Waals surface area (Å²) in [7, 11) is 6.63. The van der Waals surface area contributed by atoms with Crippen LogP contribution in [0.4, 0.5) is 0 Å². The van der Waals surface area contributed by atoms with Crippen molar-refractivity contribution >= 4 is 0 Å². The minimum Gasteiger partial charge on any atom is -0.315 e. The molecule has 1 atom stereocenters. The van der Waals surface area contributed by atoms with Gasteiger partial charge in [-0.05, 0) is 64.7 Å². The Kier molecular flexibility index (Phi) is 5.22. The second-order valence-electron chi connectivity index (χ2n) is 6.71. The van der Waals surface area contributed by atoms with Gasteiger partial charge in [0, 0.05) is 11.6 Å². The molecule has 20 heavy (non-hydrogen) atoms. The van der Waals surface area contributed by atoms with Crippen molar-refractivity contribution in [1.82, 2.24) is 10.2 Å². The van der Waals surface area contributed by atoms with Crippen molar-refractivity contribution in [3.63, 3.8) is 0 Å². The molecule has 1 unspecified atom stereocenters. The van der Waals surface area contributed by atoms with Crippen LogP contribution < -0.4 is 5.32 Å². The minimum atomic E-state index is 0.303. The zero-order chi connectivity index (χ0) is 14.6. The summed E-state index contributed by atoms with van der Waals surface area (Å²) < 4.78 is 0. The number of benzene rings is 1. The molecule has 0 spiro atoms. The zero-order valence-corrected chi connectivity index (χ0v) is 13.5. The van der Waals surface area contributed by atoms with E-state index >= 15 is 0 Å². The molecule has 112 valence electrons. The van der Waals surface area contributed by atoms with Gasteiger partial charge in [-0.25, -0.2) is 0 Å². The van der Waals surface area contributed by atoms with Gasteiger partial charge >= 0.3 is 0 Å². The van der Waals surface area contributed by atoms with Gasteiger partial charge in [-0.2, -0.15) is 0 Å². The number of hydrogen-bond acceptors (Lipinski definition) is 2. The Balaban J connectivity index is 2.17. The number of hydrogen-bond donors (Lipinski definition) is 1. The monoisotopic (exact) mass is 274 g/mol. The average Bonchev–Trinajstić information content (AvgIpc) is 2.47. The molecule has 2 rings (SSSR count). The summed E-state index contributed by atoms with van der Waals surface area (Å²) in [6.07, 6.45) is 6.43. The van der Waals surface area contributed by atoms with Crippen LogP contribution in [-0.2, 0) is 6.42 Å². The fourth-order valence-corrected chi connectivity index (χ4v) is 3.78. The smallest absolute Gasteiger partial charge is 0.0359 e. The number of nitrogens with zero attached hydrogens (tertiary/aromatic N) is 1. The summed E-state index contributed by atoms with van der Waals surface area (Å²) in [5.41, 5.74) is 1.74. The van der Waals surface area contributed by atoms with Gasteiger partial charge in [0.1, 0.15) is 0 Å². The summed E-state index contributed by atoms with van der Waals surface area (Å²) in [4.78, 5) is 2.48. The Bertz CT molecular complexity index is 391. The highest BCUT2D eigenvalue weighted by Crippen LogP contribution is 2.38. The van der Waals surface area contributed by atoms with E-state index < -0.39 is 0 Å². The second-order valence-corrected chi connectivity index (χ2v) is 6.71. The molecule has 1 aliphatic rings. The van der Waals surface area contributed by atoms with E-state index in [9.17, 15) is 0 Å². The van der Waals surface area contributed by atoms with Crippen LogP contribution in [-0.4, -0.2) is 37.6 Å². The van der Waals surface area contributed by atoms with E-state index in [4.69, 9.17) is 0 Å². The van der Waals surface area contributed by atoms with E-state index in [0.29, 0.717) is 11.6 Å². The Hall–Kier alpha value is -0.860. The van der Waals surface area contributed by atoms with Crippen LogP contribution in [0.25, 0.3) is 0 Å². The van der Waals surface area contributed by atoms with Crippen LogP contribution in [0.5, 0.6) is 0 Å². The Morgan fingerprint density at radius 3 is 2.30 bits per heavy atom. The van der Waals surface area contributed by atoms with Crippen LogP contribution in [0.15, 0.2) is 30.3 Å². The highest BCUT2D eigenvalue weighted by atomic mass is 15.2. The number of nitrogens with one attached hydrogen (secondary N) is 1. The Morgan fingerprint density at radius 1 is 1.20 bits per heavy atom. The fraction of sp³-hybridized carbons (Fsp3) is 0.667. The first kappa shape index (κ1) is 15.5. The van der Waals surface area contributed by atoms with Crippen molar-refractivity contribution in [2.45, 2.75) is 50.6 Å². The van der Waals surface area contributed by atoms with E-state index in [2.05, 4.69) is 68.6 Å². The third-order valence-corrected chi connectivity index (χ3v) is 5.31. The fourth-order valence-electron chi connectivity index (χ4n) is 3.78. The lowest BCUT2D eigenvalue weighted by molar-refractivity contribution is 0.0461. The lowest BCUT2D eigenvalue weighted by atomic mass is 9.70. The van der Waals surface area contributed by atoms with Gasteiger partial charge in [-0.3, -0.25) is 0 Å². The topological polar surface area (TPSA) is 15.3 Å². The Morgan fingerprint density at radius 2 is 1.80 bits per heavy atom. The molecule has 1 saturated carbocycles. The molecule has 0 aromatic heterocycles. The molecule has 1 aromatic rings. The summed E-state index contributed by atoms with van der Waals surface area (Å²) in [6, 6.07) is 11.4. The first-order chi connectivity index (χ1) is 9.58. The predicted molar refractivity (Wildman–Crippen MR) is 87.0 cm³/mol. The quantitative estimate of drug-likeness (QED) is 0.886. The molecule has 0 saturated heterocycles. The SMILES string of the molecule is CNC(Cc1ccccc1)C1(N(C)C)CCC(C)CC1. The normalized spacial score (nSPS) is 28.6. The van der Waals surface area contributed by atoms with Gasteiger partial charge in [0.25, 0.3) is 0 Å². The van der Waals surface area contributed by atoms with Crippen LogP contribution in [0.2, 0.25) is 0 Å². The van der Waals surface area contributed by atoms with Gasteiger partial charge in [0.05, 0.1) is 0 Å². The lowest BCUT2D eigenvalue weighted by Crippen LogP contribution is -2.60. The van der Waals surface area contributed by atoms with Gasteiger partial charge in [0.2, 0.25) is 0 Å². The molecular formula is C18H30N2. The largest absolute Gasteiger partial charge is 0.315 e. The van der Waals surface area contributed by atoms with Gasteiger partial charge in [-0.1, -0.05) is 37.3 Å². The molecule has 2 nitrogen and oxygen atoms in total. The molecule has 1 aliphatic carbocycles. The maximum atomic E-state index is 3.62. The van der Waals surface area contributed by atoms with Crippen molar-refractivity contribution in [3.05, 3.63) is 35.9 Å². The summed E-state index contributed by atoms with van der Waals surface area (Å²) in [6.45, 7) is 2.39. The maximum Gasteiger partial charge on any atom is 0.0359 e. The molecule has 0 radical (unpaired) electrons. The number of rotatable bonds is 5. The molecular weight excluding hydrogens is 244 g/mol. The second kappa shape index (κ2) is 6.73. The van der Waals surface area contributed by atoms with Gasteiger partial charge < -0.3 is 10.2 Å². The average molecular weight is 274 g/mol. The molecule has 1 N–H and O–H groups in total. The predicted octanol–water partition coefficient (Wildman–Crippen LogP) is 3.33. The van der Waals surface area contributed by atoms with E-state index in [0.717, 1.165) is 12.3 Å². The van der Waals surface area contributed by atoms with Crippen LogP contribution in [0, 0.1) is 5.92 Å².